The van der Waals surface area contributed by atoms with Crippen molar-refractivity contribution < 1.29 is 18.4 Å². The molecular weight excluding hydrogens is 506 g/mol. The number of methoxy groups -OCH3 is 1. The molecule has 210 valence electrons. The molecule has 1 amide bonds. The molecule has 1 unspecified atom stereocenters. The van der Waals surface area contributed by atoms with Crippen molar-refractivity contribution in [2.45, 2.75) is 38.6 Å². The van der Waals surface area contributed by atoms with Gasteiger partial charge in [-0.25, -0.2) is 0 Å². The molecule has 1 aliphatic rings. The molecule has 3 heterocycles. The molecule has 40 heavy (non-hydrogen) atoms. The lowest BCUT2D eigenvalue weighted by atomic mass is 10.0. The van der Waals surface area contributed by atoms with Crippen LogP contribution in [0.4, 0.5) is 5.69 Å². The minimum Gasteiger partial charge on any atom is -0.497 e. The van der Waals surface area contributed by atoms with Crippen LogP contribution < -0.4 is 20.4 Å². The van der Waals surface area contributed by atoms with Gasteiger partial charge in [0.15, 0.2) is 5.58 Å². The Hall–Kier alpha value is -4.04. The van der Waals surface area contributed by atoms with Gasteiger partial charge in [-0.1, -0.05) is 18.6 Å². The summed E-state index contributed by atoms with van der Waals surface area (Å²) in [6, 6.07) is 17.4. The van der Waals surface area contributed by atoms with E-state index in [1.54, 1.807) is 14.0 Å². The standard InChI is InChI=1S/C32H37N3O5/c1-21-18-28(36)32-31(39-21)26(30(40-32)23-10-14-25(38-4)15-11-23)19-29(37)33-20-27(35-16-6-5-7-17-35)22-8-12-24(13-9-22)34(2)3/h8-15,18,27H,5-7,16-17,19-20H2,1-4H3,(H,33,37). The number of benzene rings is 2. The highest BCUT2D eigenvalue weighted by molar-refractivity contribution is 5.90. The third-order valence-electron chi connectivity index (χ3n) is 7.59. The molecule has 2 aromatic carbocycles. The fourth-order valence-corrected chi connectivity index (χ4v) is 5.41. The lowest BCUT2D eigenvalue weighted by Crippen LogP contribution is -2.41. The Balaban J connectivity index is 1.41. The van der Waals surface area contributed by atoms with E-state index in [0.717, 1.165) is 37.2 Å². The summed E-state index contributed by atoms with van der Waals surface area (Å²) >= 11 is 0. The number of carbonyl (C=O) groups is 1. The van der Waals surface area contributed by atoms with Gasteiger partial charge in [0.1, 0.15) is 17.3 Å². The van der Waals surface area contributed by atoms with Crippen molar-refractivity contribution >= 4 is 22.8 Å². The molecule has 8 heteroatoms. The van der Waals surface area contributed by atoms with Crippen LogP contribution in [-0.2, 0) is 11.2 Å². The minimum absolute atomic E-state index is 0.0209. The Morgan fingerprint density at radius 2 is 1.70 bits per heavy atom. The summed E-state index contributed by atoms with van der Waals surface area (Å²) in [5.41, 5.74) is 3.78. The summed E-state index contributed by atoms with van der Waals surface area (Å²) in [5, 5.41) is 3.17. The van der Waals surface area contributed by atoms with E-state index in [9.17, 15) is 9.59 Å². The number of piperidine rings is 1. The molecule has 0 bridgehead atoms. The van der Waals surface area contributed by atoms with Crippen molar-refractivity contribution in [1.29, 1.82) is 0 Å². The molecule has 5 rings (SSSR count). The monoisotopic (exact) mass is 543 g/mol. The average molecular weight is 544 g/mol. The maximum absolute atomic E-state index is 13.5. The van der Waals surface area contributed by atoms with Crippen molar-refractivity contribution in [2.75, 3.05) is 45.7 Å². The topological polar surface area (TPSA) is 88.2 Å². The summed E-state index contributed by atoms with van der Waals surface area (Å²) < 4.78 is 17.2. The molecule has 1 aliphatic heterocycles. The van der Waals surface area contributed by atoms with Crippen LogP contribution in [0.2, 0.25) is 0 Å². The second-order valence-electron chi connectivity index (χ2n) is 10.6. The van der Waals surface area contributed by atoms with E-state index in [0.29, 0.717) is 35.0 Å². The number of hydrogen-bond acceptors (Lipinski definition) is 7. The summed E-state index contributed by atoms with van der Waals surface area (Å²) in [5.74, 6) is 1.46. The van der Waals surface area contributed by atoms with Crippen molar-refractivity contribution in [3.05, 3.63) is 81.7 Å². The Kier molecular flexibility index (Phi) is 8.26. The fourth-order valence-electron chi connectivity index (χ4n) is 5.41. The molecule has 0 spiro atoms. The van der Waals surface area contributed by atoms with E-state index in [1.807, 2.05) is 38.4 Å². The predicted molar refractivity (Wildman–Crippen MR) is 157 cm³/mol. The van der Waals surface area contributed by atoms with Crippen molar-refractivity contribution in [1.82, 2.24) is 10.2 Å². The zero-order valence-electron chi connectivity index (χ0n) is 23.7. The molecule has 8 nitrogen and oxygen atoms in total. The molecule has 0 aliphatic carbocycles. The van der Waals surface area contributed by atoms with Crippen LogP contribution in [-0.4, -0.2) is 51.6 Å². The molecule has 1 N–H and O–H groups in total. The molecule has 0 radical (unpaired) electrons. The zero-order valence-corrected chi connectivity index (χ0v) is 23.7. The summed E-state index contributed by atoms with van der Waals surface area (Å²) in [6.07, 6.45) is 3.57. The summed E-state index contributed by atoms with van der Waals surface area (Å²) in [6.45, 7) is 4.22. The van der Waals surface area contributed by atoms with Crippen LogP contribution in [0, 0.1) is 6.92 Å². The number of likely N-dealkylation sites (tertiary alicyclic amines) is 1. The van der Waals surface area contributed by atoms with Crippen LogP contribution in [0.3, 0.4) is 0 Å². The molecule has 2 aromatic heterocycles. The maximum Gasteiger partial charge on any atom is 0.228 e. The lowest BCUT2D eigenvalue weighted by Gasteiger charge is -2.35. The highest BCUT2D eigenvalue weighted by Gasteiger charge is 2.26. The number of fused-ring (bicyclic) bond motifs is 1. The molecule has 0 saturated carbocycles. The van der Waals surface area contributed by atoms with E-state index in [1.165, 1.54) is 18.1 Å². The molecule has 1 saturated heterocycles. The van der Waals surface area contributed by atoms with E-state index < -0.39 is 0 Å². The largest absolute Gasteiger partial charge is 0.497 e. The van der Waals surface area contributed by atoms with Crippen LogP contribution in [0.1, 0.15) is 42.2 Å². The smallest absolute Gasteiger partial charge is 0.228 e. The highest BCUT2D eigenvalue weighted by atomic mass is 16.5. The SMILES string of the molecule is COc1ccc(-c2oc3c(=O)cc(C)oc3c2CC(=O)NCC(c2ccc(N(C)C)cc2)N2CCCCC2)cc1. The van der Waals surface area contributed by atoms with Crippen LogP contribution in [0.15, 0.2) is 68.2 Å². The molecule has 4 aromatic rings. The first-order valence-corrected chi connectivity index (χ1v) is 13.8. The minimum atomic E-state index is -0.272. The first kappa shape index (κ1) is 27.5. The van der Waals surface area contributed by atoms with Gasteiger partial charge in [0, 0.05) is 38.0 Å². The van der Waals surface area contributed by atoms with E-state index in [-0.39, 0.29) is 29.4 Å². The number of ether oxygens (including phenoxy) is 1. The fraction of sp³-hybridized carbons (Fsp3) is 0.375. The summed E-state index contributed by atoms with van der Waals surface area (Å²) in [4.78, 5) is 30.7. The number of amides is 1. The third kappa shape index (κ3) is 5.92. The first-order chi connectivity index (χ1) is 19.3. The number of anilines is 1. The van der Waals surface area contributed by atoms with E-state index >= 15 is 0 Å². The average Bonchev–Trinajstić information content (AvgIpc) is 3.32. The number of carbonyl (C=O) groups excluding carboxylic acids is 1. The van der Waals surface area contributed by atoms with Gasteiger partial charge in [-0.3, -0.25) is 14.5 Å². The molecule has 1 fully saturated rings. The first-order valence-electron chi connectivity index (χ1n) is 13.8. The van der Waals surface area contributed by atoms with Gasteiger partial charge in [-0.15, -0.1) is 0 Å². The highest BCUT2D eigenvalue weighted by Crippen LogP contribution is 2.34. The number of hydrogen-bond donors (Lipinski definition) is 1. The predicted octanol–water partition coefficient (Wildman–Crippen LogP) is 5.32. The molecule has 1 atom stereocenters. The van der Waals surface area contributed by atoms with Gasteiger partial charge in [0.25, 0.3) is 0 Å². The van der Waals surface area contributed by atoms with Crippen molar-refractivity contribution in [3.8, 4) is 17.1 Å². The third-order valence-corrected chi connectivity index (χ3v) is 7.59. The van der Waals surface area contributed by atoms with Gasteiger partial charge in [-0.05, 0) is 74.8 Å². The number of nitrogens with one attached hydrogen (secondary N) is 1. The molecular formula is C32H37N3O5. The number of rotatable bonds is 9. The Morgan fingerprint density at radius 3 is 2.35 bits per heavy atom. The summed E-state index contributed by atoms with van der Waals surface area (Å²) in [7, 11) is 5.66. The Labute approximate surface area is 234 Å². The van der Waals surface area contributed by atoms with E-state index in [4.69, 9.17) is 13.6 Å². The quantitative estimate of drug-likeness (QED) is 0.306. The lowest BCUT2D eigenvalue weighted by molar-refractivity contribution is -0.120. The van der Waals surface area contributed by atoms with Crippen LogP contribution in [0.5, 0.6) is 5.75 Å². The van der Waals surface area contributed by atoms with Gasteiger partial charge in [0.05, 0.1) is 25.1 Å². The maximum atomic E-state index is 13.5. The van der Waals surface area contributed by atoms with E-state index in [2.05, 4.69) is 39.4 Å². The van der Waals surface area contributed by atoms with Gasteiger partial charge >= 0.3 is 0 Å². The van der Waals surface area contributed by atoms with Crippen molar-refractivity contribution in [3.63, 3.8) is 0 Å². The number of furan rings is 1. The Morgan fingerprint density at radius 1 is 1.00 bits per heavy atom. The second kappa shape index (κ2) is 12.0. The van der Waals surface area contributed by atoms with Gasteiger partial charge < -0.3 is 23.8 Å². The number of aryl methyl sites for hydroxylation is 1. The van der Waals surface area contributed by atoms with Gasteiger partial charge in [0.2, 0.25) is 16.9 Å². The van der Waals surface area contributed by atoms with Crippen LogP contribution in [0.25, 0.3) is 22.5 Å². The second-order valence-corrected chi connectivity index (χ2v) is 10.6. The zero-order chi connectivity index (χ0) is 28.2. The van der Waals surface area contributed by atoms with Gasteiger partial charge in [-0.2, -0.15) is 0 Å². The Bertz CT molecular complexity index is 1510. The number of nitrogens with zero attached hydrogens (tertiary/aromatic N) is 2. The van der Waals surface area contributed by atoms with Crippen molar-refractivity contribution in [2.24, 2.45) is 0 Å². The van der Waals surface area contributed by atoms with Crippen LogP contribution >= 0.6 is 0 Å². The normalized spacial score (nSPS) is 14.7.